The van der Waals surface area contributed by atoms with Crippen molar-refractivity contribution in [3.05, 3.63) is 42.0 Å². The molecule has 19 heavy (non-hydrogen) atoms. The smallest absolute Gasteiger partial charge is 0.128 e. The molecule has 0 saturated carbocycles. The average Bonchev–Trinajstić information content (AvgIpc) is 2.83. The molecule has 3 nitrogen and oxygen atoms in total. The van der Waals surface area contributed by atoms with Crippen LogP contribution in [-0.2, 0) is 0 Å². The maximum Gasteiger partial charge on any atom is 0.128 e. The highest BCUT2D eigenvalue weighted by molar-refractivity contribution is 7.21. The predicted octanol–water partition coefficient (Wildman–Crippen LogP) is 3.99. The number of hydrogen-bond acceptors (Lipinski definition) is 4. The summed E-state index contributed by atoms with van der Waals surface area (Å²) in [6, 6.07) is 11.3. The van der Waals surface area contributed by atoms with Crippen LogP contribution >= 0.6 is 11.3 Å². The molecule has 0 atom stereocenters. The van der Waals surface area contributed by atoms with Gasteiger partial charge in [-0.3, -0.25) is 0 Å². The summed E-state index contributed by atoms with van der Waals surface area (Å²) >= 11 is 1.55. The van der Waals surface area contributed by atoms with Crippen molar-refractivity contribution in [1.82, 2.24) is 4.98 Å². The average molecular weight is 271 g/mol. The number of ether oxygens (including phenoxy) is 1. The van der Waals surface area contributed by atoms with Gasteiger partial charge in [0.05, 0.1) is 22.9 Å². The van der Waals surface area contributed by atoms with Crippen LogP contribution in [0.2, 0.25) is 0 Å². The van der Waals surface area contributed by atoms with Crippen LogP contribution in [0.5, 0.6) is 11.5 Å². The summed E-state index contributed by atoms with van der Waals surface area (Å²) in [5.41, 5.74) is 2.80. The highest BCUT2D eigenvalue weighted by atomic mass is 32.1. The summed E-state index contributed by atoms with van der Waals surface area (Å²) < 4.78 is 6.26. The first-order valence-corrected chi connectivity index (χ1v) is 6.73. The molecule has 0 radical (unpaired) electrons. The second-order valence-corrected chi connectivity index (χ2v) is 5.40. The van der Waals surface area contributed by atoms with Crippen LogP contribution in [0.3, 0.4) is 0 Å². The van der Waals surface area contributed by atoms with E-state index in [1.807, 2.05) is 37.3 Å². The van der Waals surface area contributed by atoms with Crippen LogP contribution in [0.15, 0.2) is 36.4 Å². The normalized spacial score (nSPS) is 10.8. The number of phenols is 1. The van der Waals surface area contributed by atoms with E-state index in [0.29, 0.717) is 0 Å². The molecule has 0 aliphatic heterocycles. The van der Waals surface area contributed by atoms with E-state index in [1.54, 1.807) is 24.5 Å². The Labute approximate surface area is 115 Å². The number of methoxy groups -OCH3 is 1. The van der Waals surface area contributed by atoms with Crippen LogP contribution in [0.4, 0.5) is 0 Å². The lowest BCUT2D eigenvalue weighted by atomic mass is 10.1. The molecule has 0 saturated heterocycles. The molecule has 0 unspecified atom stereocenters. The lowest BCUT2D eigenvalue weighted by Crippen LogP contribution is -1.81. The fraction of sp³-hybridized carbons (Fsp3) is 0.133. The minimum absolute atomic E-state index is 0.261. The number of fused-ring (bicyclic) bond motifs is 1. The maximum absolute atomic E-state index is 9.96. The Hall–Kier alpha value is -2.07. The Morgan fingerprint density at radius 2 is 2.00 bits per heavy atom. The summed E-state index contributed by atoms with van der Waals surface area (Å²) in [7, 11) is 1.65. The van der Waals surface area contributed by atoms with Gasteiger partial charge in [0, 0.05) is 0 Å². The van der Waals surface area contributed by atoms with E-state index in [2.05, 4.69) is 4.98 Å². The Kier molecular flexibility index (Phi) is 2.87. The molecule has 0 amide bonds. The summed E-state index contributed by atoms with van der Waals surface area (Å²) in [5.74, 6) is 1.08. The van der Waals surface area contributed by atoms with Crippen molar-refractivity contribution in [3.63, 3.8) is 0 Å². The number of hydrogen-bond donors (Lipinski definition) is 1. The van der Waals surface area contributed by atoms with Crippen LogP contribution in [-0.4, -0.2) is 17.2 Å². The van der Waals surface area contributed by atoms with Crippen molar-refractivity contribution in [1.29, 1.82) is 0 Å². The van der Waals surface area contributed by atoms with Gasteiger partial charge in [-0.2, -0.15) is 0 Å². The topological polar surface area (TPSA) is 42.4 Å². The van der Waals surface area contributed by atoms with Crippen LogP contribution in [0.1, 0.15) is 5.56 Å². The van der Waals surface area contributed by atoms with E-state index in [4.69, 9.17) is 4.74 Å². The molecule has 1 N–H and O–H groups in total. The quantitative estimate of drug-likeness (QED) is 0.766. The summed E-state index contributed by atoms with van der Waals surface area (Å²) in [4.78, 5) is 4.56. The molecule has 2 aromatic carbocycles. The van der Waals surface area contributed by atoms with Crippen LogP contribution < -0.4 is 4.74 Å². The van der Waals surface area contributed by atoms with Gasteiger partial charge < -0.3 is 9.84 Å². The van der Waals surface area contributed by atoms with Gasteiger partial charge in [0.25, 0.3) is 0 Å². The first kappa shape index (κ1) is 12.0. The van der Waals surface area contributed by atoms with E-state index in [9.17, 15) is 5.11 Å². The van der Waals surface area contributed by atoms with Gasteiger partial charge in [-0.25, -0.2) is 4.98 Å². The first-order chi connectivity index (χ1) is 9.17. The summed E-state index contributed by atoms with van der Waals surface area (Å²) in [6.45, 7) is 2.00. The Balaban J connectivity index is 2.17. The number of rotatable bonds is 2. The van der Waals surface area contributed by atoms with Crippen LogP contribution in [0, 0.1) is 6.92 Å². The number of nitrogens with zero attached hydrogens (tertiary/aromatic N) is 1. The number of aromatic hydroxyl groups is 1. The Morgan fingerprint density at radius 3 is 2.79 bits per heavy atom. The maximum atomic E-state index is 9.96. The van der Waals surface area contributed by atoms with Gasteiger partial charge in [-0.05, 0) is 37.3 Å². The zero-order valence-electron chi connectivity index (χ0n) is 10.7. The molecule has 0 aliphatic rings. The molecule has 0 spiro atoms. The van der Waals surface area contributed by atoms with Crippen LogP contribution in [0.25, 0.3) is 20.8 Å². The highest BCUT2D eigenvalue weighted by Crippen LogP contribution is 2.36. The van der Waals surface area contributed by atoms with E-state index in [0.717, 1.165) is 32.1 Å². The van der Waals surface area contributed by atoms with Gasteiger partial charge >= 0.3 is 0 Å². The lowest BCUT2D eigenvalue weighted by Gasteiger charge is -2.01. The largest absolute Gasteiger partial charge is 0.507 e. The third-order valence-corrected chi connectivity index (χ3v) is 4.03. The minimum Gasteiger partial charge on any atom is -0.507 e. The highest BCUT2D eigenvalue weighted by Gasteiger charge is 2.11. The van der Waals surface area contributed by atoms with Crippen molar-refractivity contribution in [3.8, 4) is 22.1 Å². The molecule has 4 heteroatoms. The molecule has 96 valence electrons. The van der Waals surface area contributed by atoms with E-state index >= 15 is 0 Å². The lowest BCUT2D eigenvalue weighted by molar-refractivity contribution is 0.415. The minimum atomic E-state index is 0.261. The summed E-state index contributed by atoms with van der Waals surface area (Å²) in [6.07, 6.45) is 0. The van der Waals surface area contributed by atoms with Crippen molar-refractivity contribution in [2.45, 2.75) is 6.92 Å². The molecule has 0 fully saturated rings. The predicted molar refractivity (Wildman–Crippen MR) is 78.0 cm³/mol. The SMILES string of the molecule is COc1ccc2nc(-c3cc(C)ccc3O)sc2c1. The third-order valence-electron chi connectivity index (χ3n) is 2.98. The van der Waals surface area contributed by atoms with Gasteiger partial charge in [-0.1, -0.05) is 11.6 Å². The van der Waals surface area contributed by atoms with Gasteiger partial charge in [0.2, 0.25) is 0 Å². The first-order valence-electron chi connectivity index (χ1n) is 5.92. The Morgan fingerprint density at radius 1 is 1.16 bits per heavy atom. The van der Waals surface area contributed by atoms with Gasteiger partial charge in [0.15, 0.2) is 0 Å². The number of thiazole rings is 1. The Bertz CT molecular complexity index is 749. The molecular formula is C15H13NO2S. The molecule has 1 heterocycles. The van der Waals surface area contributed by atoms with Gasteiger partial charge in [-0.15, -0.1) is 11.3 Å². The number of phenolic OH excluding ortho intramolecular Hbond substituents is 1. The number of aryl methyl sites for hydroxylation is 1. The zero-order chi connectivity index (χ0) is 13.4. The molecule has 3 rings (SSSR count). The summed E-state index contributed by atoms with van der Waals surface area (Å²) in [5, 5.41) is 10.8. The number of aromatic nitrogens is 1. The van der Waals surface area contributed by atoms with E-state index in [1.165, 1.54) is 0 Å². The van der Waals surface area contributed by atoms with Crippen molar-refractivity contribution in [2.75, 3.05) is 7.11 Å². The second-order valence-electron chi connectivity index (χ2n) is 4.37. The van der Waals surface area contributed by atoms with Crippen molar-refractivity contribution in [2.24, 2.45) is 0 Å². The standard InChI is InChI=1S/C15H13NO2S/c1-9-3-6-13(17)11(7-9)15-16-12-5-4-10(18-2)8-14(12)19-15/h3-8,17H,1-2H3. The van der Waals surface area contributed by atoms with Crippen molar-refractivity contribution >= 4 is 21.6 Å². The molecular weight excluding hydrogens is 258 g/mol. The third kappa shape index (κ3) is 2.15. The molecule has 3 aromatic rings. The monoisotopic (exact) mass is 271 g/mol. The van der Waals surface area contributed by atoms with Gasteiger partial charge in [0.1, 0.15) is 16.5 Å². The molecule has 1 aromatic heterocycles. The fourth-order valence-corrected chi connectivity index (χ4v) is 2.99. The molecule has 0 aliphatic carbocycles. The number of benzene rings is 2. The fourth-order valence-electron chi connectivity index (χ4n) is 1.97. The zero-order valence-corrected chi connectivity index (χ0v) is 11.5. The van der Waals surface area contributed by atoms with Crippen molar-refractivity contribution < 1.29 is 9.84 Å². The second kappa shape index (κ2) is 4.55. The van der Waals surface area contributed by atoms with E-state index in [-0.39, 0.29) is 5.75 Å². The molecule has 0 bridgehead atoms. The van der Waals surface area contributed by atoms with E-state index < -0.39 is 0 Å².